The van der Waals surface area contributed by atoms with E-state index in [9.17, 15) is 4.79 Å². The van der Waals surface area contributed by atoms with Crippen LogP contribution < -0.4 is 4.74 Å². The van der Waals surface area contributed by atoms with E-state index in [-0.39, 0.29) is 12.2 Å². The third kappa shape index (κ3) is 4.08. The first-order valence-corrected chi connectivity index (χ1v) is 6.36. The van der Waals surface area contributed by atoms with E-state index in [0.29, 0.717) is 19.1 Å². The van der Waals surface area contributed by atoms with Crippen LogP contribution in [0.25, 0.3) is 0 Å². The summed E-state index contributed by atoms with van der Waals surface area (Å²) in [6.07, 6.45) is 3.64. The van der Waals surface area contributed by atoms with Crippen molar-refractivity contribution in [3.8, 4) is 6.01 Å². The zero-order valence-corrected chi connectivity index (χ0v) is 11.5. The van der Waals surface area contributed by atoms with Crippen LogP contribution in [0.4, 0.5) is 4.79 Å². The van der Waals surface area contributed by atoms with Gasteiger partial charge in [-0.3, -0.25) is 0 Å². The number of nitrogens with zero attached hydrogens (tertiary/aromatic N) is 3. The molecule has 1 saturated heterocycles. The summed E-state index contributed by atoms with van der Waals surface area (Å²) in [6.45, 7) is 6.70. The van der Waals surface area contributed by atoms with Crippen LogP contribution in [0, 0.1) is 0 Å². The highest BCUT2D eigenvalue weighted by molar-refractivity contribution is 5.68. The minimum Gasteiger partial charge on any atom is -0.458 e. The molecule has 104 valence electrons. The quantitative estimate of drug-likeness (QED) is 0.816. The van der Waals surface area contributed by atoms with Gasteiger partial charge in [0.15, 0.2) is 0 Å². The largest absolute Gasteiger partial charge is 0.458 e. The van der Waals surface area contributed by atoms with Crippen molar-refractivity contribution in [1.29, 1.82) is 0 Å². The highest BCUT2D eigenvalue weighted by Crippen LogP contribution is 2.17. The highest BCUT2D eigenvalue weighted by atomic mass is 16.6. The molecule has 0 aromatic carbocycles. The summed E-state index contributed by atoms with van der Waals surface area (Å²) in [5, 5.41) is 0. The SMILES string of the molecule is CC(C)(C)OC(=O)N1CCC(Oc2ncccn2)C1. The Morgan fingerprint density at radius 2 is 2.05 bits per heavy atom. The van der Waals surface area contributed by atoms with Gasteiger partial charge in [0.1, 0.15) is 11.7 Å². The van der Waals surface area contributed by atoms with E-state index in [4.69, 9.17) is 9.47 Å². The van der Waals surface area contributed by atoms with Crippen molar-refractivity contribution in [1.82, 2.24) is 14.9 Å². The second-order valence-electron chi connectivity index (χ2n) is 5.49. The predicted molar refractivity (Wildman–Crippen MR) is 68.9 cm³/mol. The first-order valence-electron chi connectivity index (χ1n) is 6.36. The van der Waals surface area contributed by atoms with Crippen LogP contribution in [0.3, 0.4) is 0 Å². The smallest absolute Gasteiger partial charge is 0.410 e. The van der Waals surface area contributed by atoms with Gasteiger partial charge in [0, 0.05) is 25.4 Å². The average Bonchev–Trinajstić information content (AvgIpc) is 2.77. The monoisotopic (exact) mass is 265 g/mol. The van der Waals surface area contributed by atoms with Crippen molar-refractivity contribution in [3.63, 3.8) is 0 Å². The molecule has 19 heavy (non-hydrogen) atoms. The van der Waals surface area contributed by atoms with Gasteiger partial charge in [0.25, 0.3) is 0 Å². The van der Waals surface area contributed by atoms with Crippen LogP contribution in [-0.2, 0) is 4.74 Å². The van der Waals surface area contributed by atoms with Gasteiger partial charge in [-0.2, -0.15) is 0 Å². The van der Waals surface area contributed by atoms with E-state index in [1.54, 1.807) is 23.4 Å². The zero-order valence-electron chi connectivity index (χ0n) is 11.5. The Kier molecular flexibility index (Phi) is 3.87. The standard InChI is InChI=1S/C13H19N3O3/c1-13(2,3)19-12(17)16-8-5-10(9-16)18-11-14-6-4-7-15-11/h4,6-7,10H,5,8-9H2,1-3H3. The van der Waals surface area contributed by atoms with E-state index >= 15 is 0 Å². The van der Waals surface area contributed by atoms with E-state index in [0.717, 1.165) is 6.42 Å². The predicted octanol–water partition coefficient (Wildman–Crippen LogP) is 1.86. The number of rotatable bonds is 2. The summed E-state index contributed by atoms with van der Waals surface area (Å²) in [6, 6.07) is 2.08. The number of hydrogen-bond acceptors (Lipinski definition) is 5. The molecule has 1 amide bonds. The molecular formula is C13H19N3O3. The maximum Gasteiger partial charge on any atom is 0.410 e. The van der Waals surface area contributed by atoms with Gasteiger partial charge in [-0.05, 0) is 26.8 Å². The number of ether oxygens (including phenoxy) is 2. The van der Waals surface area contributed by atoms with Crippen LogP contribution in [0.1, 0.15) is 27.2 Å². The van der Waals surface area contributed by atoms with Crippen LogP contribution in [0.2, 0.25) is 0 Å². The Morgan fingerprint density at radius 1 is 1.37 bits per heavy atom. The van der Waals surface area contributed by atoms with E-state index in [1.807, 2.05) is 20.8 Å². The molecule has 2 heterocycles. The summed E-state index contributed by atoms with van der Waals surface area (Å²) in [5.41, 5.74) is -0.474. The molecule has 1 aromatic heterocycles. The van der Waals surface area contributed by atoms with E-state index in [2.05, 4.69) is 9.97 Å². The van der Waals surface area contributed by atoms with Crippen molar-refractivity contribution in [2.75, 3.05) is 13.1 Å². The summed E-state index contributed by atoms with van der Waals surface area (Å²) in [5.74, 6) is 0. The molecule has 6 nitrogen and oxygen atoms in total. The van der Waals surface area contributed by atoms with Gasteiger partial charge in [-0.25, -0.2) is 14.8 Å². The Labute approximate surface area is 112 Å². The van der Waals surface area contributed by atoms with E-state index in [1.165, 1.54) is 0 Å². The molecule has 1 aliphatic heterocycles. The third-order valence-corrected chi connectivity index (χ3v) is 2.61. The van der Waals surface area contributed by atoms with Crippen molar-refractivity contribution in [2.45, 2.75) is 38.9 Å². The molecule has 1 unspecified atom stereocenters. The first-order chi connectivity index (χ1) is 8.94. The molecule has 1 atom stereocenters. The van der Waals surface area contributed by atoms with Crippen molar-refractivity contribution >= 4 is 6.09 Å². The molecule has 0 bridgehead atoms. The van der Waals surface area contributed by atoms with Gasteiger partial charge in [-0.1, -0.05) is 0 Å². The summed E-state index contributed by atoms with van der Waals surface area (Å²) in [7, 11) is 0. The number of likely N-dealkylation sites (tertiary alicyclic amines) is 1. The Bertz CT molecular complexity index is 431. The number of carbonyl (C=O) groups excluding carboxylic acids is 1. The molecule has 6 heteroatoms. The first kappa shape index (κ1) is 13.6. The molecule has 0 spiro atoms. The van der Waals surface area contributed by atoms with Crippen LogP contribution in [0.5, 0.6) is 6.01 Å². The van der Waals surface area contributed by atoms with Gasteiger partial charge in [0.2, 0.25) is 0 Å². The normalized spacial score (nSPS) is 19.3. The molecule has 0 N–H and O–H groups in total. The maximum atomic E-state index is 11.9. The molecule has 1 aliphatic rings. The topological polar surface area (TPSA) is 64.5 Å². The van der Waals surface area contributed by atoms with Gasteiger partial charge >= 0.3 is 12.1 Å². The van der Waals surface area contributed by atoms with Crippen LogP contribution >= 0.6 is 0 Å². The van der Waals surface area contributed by atoms with Gasteiger partial charge in [-0.15, -0.1) is 0 Å². The molecule has 0 aliphatic carbocycles. The van der Waals surface area contributed by atoms with Gasteiger partial charge in [0.05, 0.1) is 6.54 Å². The summed E-state index contributed by atoms with van der Waals surface area (Å²) < 4.78 is 10.9. The molecular weight excluding hydrogens is 246 g/mol. The van der Waals surface area contributed by atoms with E-state index < -0.39 is 5.60 Å². The average molecular weight is 265 g/mol. The lowest BCUT2D eigenvalue weighted by atomic mass is 10.2. The second kappa shape index (κ2) is 5.42. The fraction of sp³-hybridized carbons (Fsp3) is 0.615. The van der Waals surface area contributed by atoms with Crippen LogP contribution in [-0.4, -0.2) is 45.8 Å². The number of aromatic nitrogens is 2. The fourth-order valence-electron chi connectivity index (χ4n) is 1.81. The molecule has 1 aromatic rings. The van der Waals surface area contributed by atoms with Gasteiger partial charge < -0.3 is 14.4 Å². The second-order valence-corrected chi connectivity index (χ2v) is 5.49. The summed E-state index contributed by atoms with van der Waals surface area (Å²) >= 11 is 0. The Morgan fingerprint density at radius 3 is 2.68 bits per heavy atom. The van der Waals surface area contributed by atoms with Crippen LogP contribution in [0.15, 0.2) is 18.5 Å². The number of amides is 1. The number of carbonyl (C=O) groups is 1. The molecule has 0 saturated carbocycles. The van der Waals surface area contributed by atoms with Crippen molar-refractivity contribution < 1.29 is 14.3 Å². The molecule has 2 rings (SSSR count). The molecule has 0 radical (unpaired) electrons. The Balaban J connectivity index is 1.85. The van der Waals surface area contributed by atoms with Crippen molar-refractivity contribution in [2.24, 2.45) is 0 Å². The fourth-order valence-corrected chi connectivity index (χ4v) is 1.81. The highest BCUT2D eigenvalue weighted by Gasteiger charge is 2.31. The zero-order chi connectivity index (χ0) is 13.9. The number of hydrogen-bond donors (Lipinski definition) is 0. The Hall–Kier alpha value is -1.85. The minimum atomic E-state index is -0.474. The molecule has 1 fully saturated rings. The maximum absolute atomic E-state index is 11.9. The summed E-state index contributed by atoms with van der Waals surface area (Å²) in [4.78, 5) is 21.5. The minimum absolute atomic E-state index is 0.0741. The third-order valence-electron chi connectivity index (χ3n) is 2.61. The lowest BCUT2D eigenvalue weighted by Gasteiger charge is -2.24. The lowest BCUT2D eigenvalue weighted by Crippen LogP contribution is -2.36. The van der Waals surface area contributed by atoms with Crippen molar-refractivity contribution in [3.05, 3.63) is 18.5 Å². The lowest BCUT2D eigenvalue weighted by molar-refractivity contribution is 0.0274.